The quantitative estimate of drug-likeness (QED) is 0.851. The standard InChI is InChI=1S/C18H27NOS/c1-3-19-18-15-9-5-4-7-14(15)8-6-10-17(18)21-16-11-12-20-13(16)2/h4-5,7,9,13,16-19H,3,6,8,10-12H2,1-2H3. The van der Waals surface area contributed by atoms with Gasteiger partial charge in [-0.15, -0.1) is 0 Å². The third-order valence-electron chi connectivity index (χ3n) is 4.78. The molecule has 4 unspecified atom stereocenters. The Morgan fingerprint density at radius 1 is 1.24 bits per heavy atom. The van der Waals surface area contributed by atoms with Crippen LogP contribution in [-0.2, 0) is 11.2 Å². The highest BCUT2D eigenvalue weighted by atomic mass is 32.2. The molecule has 0 aromatic heterocycles. The summed E-state index contributed by atoms with van der Waals surface area (Å²) in [5.74, 6) is 0. The van der Waals surface area contributed by atoms with Gasteiger partial charge in [-0.1, -0.05) is 31.2 Å². The van der Waals surface area contributed by atoms with E-state index in [-0.39, 0.29) is 0 Å². The Labute approximate surface area is 133 Å². The van der Waals surface area contributed by atoms with Gasteiger partial charge in [0.1, 0.15) is 0 Å². The van der Waals surface area contributed by atoms with Crippen LogP contribution in [0.5, 0.6) is 0 Å². The summed E-state index contributed by atoms with van der Waals surface area (Å²) in [6.07, 6.45) is 5.46. The van der Waals surface area contributed by atoms with Crippen molar-refractivity contribution in [1.82, 2.24) is 5.32 Å². The third kappa shape index (κ3) is 3.46. The van der Waals surface area contributed by atoms with Crippen molar-refractivity contribution in [2.45, 2.75) is 62.2 Å². The van der Waals surface area contributed by atoms with E-state index in [4.69, 9.17) is 4.74 Å². The van der Waals surface area contributed by atoms with E-state index in [1.54, 1.807) is 5.56 Å². The summed E-state index contributed by atoms with van der Waals surface area (Å²) in [4.78, 5) is 0. The molecule has 2 nitrogen and oxygen atoms in total. The molecule has 0 saturated carbocycles. The molecule has 1 aliphatic carbocycles. The maximum Gasteiger partial charge on any atom is 0.0666 e. The summed E-state index contributed by atoms with van der Waals surface area (Å²) in [6, 6.07) is 9.51. The molecule has 0 bridgehead atoms. The number of hydrogen-bond acceptors (Lipinski definition) is 3. The Balaban J connectivity index is 1.81. The van der Waals surface area contributed by atoms with E-state index < -0.39 is 0 Å². The lowest BCUT2D eigenvalue weighted by Crippen LogP contribution is -2.32. The number of nitrogens with one attached hydrogen (secondary N) is 1. The monoisotopic (exact) mass is 305 g/mol. The van der Waals surface area contributed by atoms with Gasteiger partial charge in [-0.2, -0.15) is 11.8 Å². The van der Waals surface area contributed by atoms with Gasteiger partial charge in [0.2, 0.25) is 0 Å². The van der Waals surface area contributed by atoms with E-state index in [9.17, 15) is 0 Å². The Morgan fingerprint density at radius 2 is 2.10 bits per heavy atom. The summed E-state index contributed by atoms with van der Waals surface area (Å²) in [5, 5.41) is 5.10. The minimum Gasteiger partial charge on any atom is -0.377 e. The van der Waals surface area contributed by atoms with E-state index in [0.717, 1.165) is 13.2 Å². The predicted molar refractivity (Wildman–Crippen MR) is 91.0 cm³/mol. The van der Waals surface area contributed by atoms with Crippen molar-refractivity contribution in [3.63, 3.8) is 0 Å². The van der Waals surface area contributed by atoms with Gasteiger partial charge in [0.05, 0.1) is 6.10 Å². The largest absolute Gasteiger partial charge is 0.377 e. The first-order valence-electron chi connectivity index (χ1n) is 8.38. The highest BCUT2D eigenvalue weighted by Gasteiger charge is 2.33. The predicted octanol–water partition coefficient (Wildman–Crippen LogP) is 3.95. The van der Waals surface area contributed by atoms with Crippen molar-refractivity contribution in [1.29, 1.82) is 0 Å². The van der Waals surface area contributed by atoms with Gasteiger partial charge in [0.25, 0.3) is 0 Å². The highest BCUT2D eigenvalue weighted by Crippen LogP contribution is 2.40. The van der Waals surface area contributed by atoms with Gasteiger partial charge < -0.3 is 10.1 Å². The summed E-state index contributed by atoms with van der Waals surface area (Å²) < 4.78 is 5.76. The molecule has 4 atom stereocenters. The number of benzene rings is 1. The van der Waals surface area contributed by atoms with Crippen molar-refractivity contribution in [3.05, 3.63) is 35.4 Å². The van der Waals surface area contributed by atoms with Gasteiger partial charge in [-0.3, -0.25) is 0 Å². The number of fused-ring (bicyclic) bond motifs is 1. The molecule has 116 valence electrons. The molecule has 1 saturated heterocycles. The van der Waals surface area contributed by atoms with Crippen LogP contribution in [0.15, 0.2) is 24.3 Å². The maximum atomic E-state index is 5.76. The fraction of sp³-hybridized carbons (Fsp3) is 0.667. The average molecular weight is 305 g/mol. The maximum absolute atomic E-state index is 5.76. The zero-order valence-electron chi connectivity index (χ0n) is 13.2. The van der Waals surface area contributed by atoms with E-state index in [2.05, 4.69) is 55.2 Å². The number of hydrogen-bond donors (Lipinski definition) is 1. The molecule has 0 radical (unpaired) electrons. The van der Waals surface area contributed by atoms with Crippen LogP contribution >= 0.6 is 11.8 Å². The van der Waals surface area contributed by atoms with Crippen LogP contribution in [0, 0.1) is 0 Å². The number of ether oxygens (including phenoxy) is 1. The fourth-order valence-corrected chi connectivity index (χ4v) is 5.33. The van der Waals surface area contributed by atoms with Crippen molar-refractivity contribution in [2.75, 3.05) is 13.2 Å². The van der Waals surface area contributed by atoms with Gasteiger partial charge in [-0.05, 0) is 50.3 Å². The van der Waals surface area contributed by atoms with Gasteiger partial charge in [0, 0.05) is 23.1 Å². The zero-order valence-corrected chi connectivity index (χ0v) is 14.0. The Hall–Kier alpha value is -0.510. The Bertz CT molecular complexity index is 464. The van der Waals surface area contributed by atoms with Crippen molar-refractivity contribution < 1.29 is 4.74 Å². The smallest absolute Gasteiger partial charge is 0.0666 e. The average Bonchev–Trinajstić information content (AvgIpc) is 2.81. The molecule has 1 N–H and O–H groups in total. The first kappa shape index (κ1) is 15.4. The lowest BCUT2D eigenvalue weighted by Gasteiger charge is -2.30. The van der Waals surface area contributed by atoms with Crippen LogP contribution < -0.4 is 5.32 Å². The van der Waals surface area contributed by atoms with E-state index in [1.165, 1.54) is 31.2 Å². The first-order chi connectivity index (χ1) is 10.3. The summed E-state index contributed by atoms with van der Waals surface area (Å²) in [5.41, 5.74) is 3.07. The minimum absolute atomic E-state index is 0.413. The molecule has 1 fully saturated rings. The Morgan fingerprint density at radius 3 is 2.86 bits per heavy atom. The molecular weight excluding hydrogens is 278 g/mol. The van der Waals surface area contributed by atoms with Crippen LogP contribution in [0.25, 0.3) is 0 Å². The van der Waals surface area contributed by atoms with Crippen LogP contribution in [-0.4, -0.2) is 29.8 Å². The summed E-state index contributed by atoms with van der Waals surface area (Å²) >= 11 is 2.17. The van der Waals surface area contributed by atoms with Gasteiger partial charge >= 0.3 is 0 Å². The molecule has 1 aromatic rings. The molecule has 1 aliphatic heterocycles. The van der Waals surface area contributed by atoms with Crippen LogP contribution in [0.1, 0.15) is 50.3 Å². The normalized spacial score (nSPS) is 32.7. The van der Waals surface area contributed by atoms with Crippen molar-refractivity contribution >= 4 is 11.8 Å². The minimum atomic E-state index is 0.413. The van der Waals surface area contributed by atoms with Crippen LogP contribution in [0.3, 0.4) is 0 Å². The molecule has 21 heavy (non-hydrogen) atoms. The summed E-state index contributed by atoms with van der Waals surface area (Å²) in [6.45, 7) is 6.43. The first-order valence-corrected chi connectivity index (χ1v) is 9.32. The molecular formula is C18H27NOS. The van der Waals surface area contributed by atoms with Crippen molar-refractivity contribution in [2.24, 2.45) is 0 Å². The molecule has 3 rings (SSSR count). The van der Waals surface area contributed by atoms with Crippen molar-refractivity contribution in [3.8, 4) is 0 Å². The van der Waals surface area contributed by atoms with E-state index in [1.807, 2.05) is 0 Å². The zero-order chi connectivity index (χ0) is 14.7. The fourth-order valence-electron chi connectivity index (χ4n) is 3.65. The van der Waals surface area contributed by atoms with Crippen LogP contribution in [0.2, 0.25) is 0 Å². The molecule has 0 spiro atoms. The number of aryl methyl sites for hydroxylation is 1. The second-order valence-corrected chi connectivity index (χ2v) is 7.69. The topological polar surface area (TPSA) is 21.3 Å². The molecule has 2 aliphatic rings. The van der Waals surface area contributed by atoms with E-state index >= 15 is 0 Å². The van der Waals surface area contributed by atoms with Gasteiger partial charge in [-0.25, -0.2) is 0 Å². The highest BCUT2D eigenvalue weighted by molar-refractivity contribution is 8.00. The second-order valence-electron chi connectivity index (χ2n) is 6.20. The summed E-state index contributed by atoms with van der Waals surface area (Å²) in [7, 11) is 0. The Kier molecular flexibility index (Phi) is 5.25. The van der Waals surface area contributed by atoms with Crippen LogP contribution in [0.4, 0.5) is 0 Å². The second kappa shape index (κ2) is 7.17. The molecule has 1 aromatic carbocycles. The number of rotatable bonds is 4. The SMILES string of the molecule is CCNC1c2ccccc2CCCC1SC1CCOC1C. The van der Waals surface area contributed by atoms with E-state index in [0.29, 0.717) is 22.6 Å². The number of thioether (sulfide) groups is 1. The lowest BCUT2D eigenvalue weighted by atomic mass is 9.99. The molecule has 0 amide bonds. The molecule has 3 heteroatoms. The lowest BCUT2D eigenvalue weighted by molar-refractivity contribution is 0.127. The third-order valence-corrected chi connectivity index (χ3v) is 6.60. The van der Waals surface area contributed by atoms with Gasteiger partial charge in [0.15, 0.2) is 0 Å². The molecule has 1 heterocycles.